The van der Waals surface area contributed by atoms with Gasteiger partial charge in [-0.25, -0.2) is 9.69 Å². The molecule has 0 spiro atoms. The van der Waals surface area contributed by atoms with Gasteiger partial charge in [0.1, 0.15) is 17.5 Å². The number of nitrogens with zero attached hydrogens (tertiary/aromatic N) is 2. The van der Waals surface area contributed by atoms with E-state index in [1.807, 2.05) is 43.3 Å². The largest absolute Gasteiger partial charge is 0.457 e. The molecule has 2 atom stereocenters. The molecule has 0 fully saturated rings. The first-order valence-corrected chi connectivity index (χ1v) is 12.7. The fraction of sp³-hybridized carbons (Fsp3) is 0.259. The van der Waals surface area contributed by atoms with E-state index in [2.05, 4.69) is 0 Å². The number of hydroxylamine groups is 1. The van der Waals surface area contributed by atoms with Crippen molar-refractivity contribution in [1.29, 1.82) is 0 Å². The smallest absolute Gasteiger partial charge is 0.262 e. The predicted octanol–water partition coefficient (Wildman–Crippen LogP) is 3.87. The van der Waals surface area contributed by atoms with Gasteiger partial charge in [0.2, 0.25) is 11.8 Å². The number of carbonyl (C=O) groups is 2. The zero-order valence-electron chi connectivity index (χ0n) is 21.0. The summed E-state index contributed by atoms with van der Waals surface area (Å²) >= 11 is -2.41. The highest BCUT2D eigenvalue weighted by atomic mass is 32.2. The summed E-state index contributed by atoms with van der Waals surface area (Å²) in [4.78, 5) is 25.6. The summed E-state index contributed by atoms with van der Waals surface area (Å²) in [5.74, 6) is 0.472. The molecule has 0 aromatic heterocycles. The van der Waals surface area contributed by atoms with Crippen LogP contribution in [0.5, 0.6) is 11.5 Å². The lowest BCUT2D eigenvalue weighted by Crippen LogP contribution is -2.48. The van der Waals surface area contributed by atoms with E-state index < -0.39 is 23.2 Å². The van der Waals surface area contributed by atoms with Gasteiger partial charge in [0, 0.05) is 26.9 Å². The van der Waals surface area contributed by atoms with Crippen LogP contribution in [-0.2, 0) is 33.7 Å². The Bertz CT molecular complexity index is 1210. The number of aryl methyl sites for hydroxylation is 2. The average molecular weight is 526 g/mol. The zero-order chi connectivity index (χ0) is 26.9. The molecule has 0 saturated heterocycles. The van der Waals surface area contributed by atoms with Gasteiger partial charge in [0.05, 0.1) is 5.69 Å². The van der Waals surface area contributed by atoms with Crippen molar-refractivity contribution < 1.29 is 28.3 Å². The molecule has 3 aromatic rings. The van der Waals surface area contributed by atoms with Gasteiger partial charge in [-0.15, -0.1) is 0 Å². The lowest BCUT2D eigenvalue weighted by Gasteiger charge is -2.31. The Balaban J connectivity index is 1.73. The minimum atomic E-state index is -2.41. The number of hydrogen-bond acceptors (Lipinski definition) is 5. The zero-order valence-corrected chi connectivity index (χ0v) is 21.8. The molecule has 3 N–H and O–H groups in total. The Labute approximate surface area is 219 Å². The minimum Gasteiger partial charge on any atom is -0.457 e. The summed E-state index contributed by atoms with van der Waals surface area (Å²) in [5.41, 5.74) is 4.83. The van der Waals surface area contributed by atoms with E-state index in [1.54, 1.807) is 56.0 Å². The lowest BCUT2D eigenvalue weighted by molar-refractivity contribution is -0.130. The van der Waals surface area contributed by atoms with Crippen molar-refractivity contribution in [1.82, 2.24) is 10.4 Å². The number of carbonyl (C=O) groups excluding carboxylic acids is 2. The van der Waals surface area contributed by atoms with Crippen molar-refractivity contribution in [3.8, 4) is 11.5 Å². The third-order valence-electron chi connectivity index (χ3n) is 5.74. The minimum absolute atomic E-state index is 0.181. The van der Waals surface area contributed by atoms with E-state index in [4.69, 9.17) is 9.94 Å². The molecule has 0 heterocycles. The molecule has 2 unspecified atom stereocenters. The van der Waals surface area contributed by atoms with Crippen molar-refractivity contribution in [2.75, 3.05) is 18.4 Å². The van der Waals surface area contributed by atoms with Crippen LogP contribution in [0, 0.1) is 6.92 Å². The maximum atomic E-state index is 13.0. The molecule has 0 bridgehead atoms. The fourth-order valence-electron chi connectivity index (χ4n) is 3.73. The first-order valence-electron chi connectivity index (χ1n) is 11.6. The van der Waals surface area contributed by atoms with Crippen molar-refractivity contribution in [3.63, 3.8) is 0 Å². The van der Waals surface area contributed by atoms with Gasteiger partial charge in [0.25, 0.3) is 11.3 Å². The molecular formula is C27H31N3O6S. The monoisotopic (exact) mass is 525 g/mol. The number of ether oxygens (including phenoxy) is 1. The fourth-order valence-corrected chi connectivity index (χ4v) is 4.41. The first-order chi connectivity index (χ1) is 17.7. The molecule has 3 aromatic carbocycles. The number of likely N-dealkylation sites (N-methyl/N-ethyl adjacent to an activating group) is 1. The van der Waals surface area contributed by atoms with Crippen LogP contribution in [0.4, 0.5) is 5.69 Å². The summed E-state index contributed by atoms with van der Waals surface area (Å²) in [6.07, 6.45) is 0.890. The molecule has 0 radical (unpaired) electrons. The molecule has 2 amide bonds. The van der Waals surface area contributed by atoms with Gasteiger partial charge in [-0.3, -0.25) is 23.7 Å². The van der Waals surface area contributed by atoms with E-state index in [0.717, 1.165) is 16.7 Å². The van der Waals surface area contributed by atoms with Crippen LogP contribution in [0.15, 0.2) is 72.8 Å². The highest BCUT2D eigenvalue weighted by molar-refractivity contribution is 7.80. The second-order valence-corrected chi connectivity index (χ2v) is 9.62. The molecule has 10 heteroatoms. The standard InChI is InChI=1S/C27H31N3O6S/c1-19-4-11-22(12-5-19)30(37(34)35)25(27(32)29(2)3)18-21-8-15-24(16-9-21)36-23-13-6-20(7-14-23)10-17-26(31)28-33/h4-9,11-16,25,33H,10,17-18H2,1-3H3,(H,28,31)(H,34,35). The summed E-state index contributed by atoms with van der Waals surface area (Å²) in [7, 11) is 3.24. The maximum absolute atomic E-state index is 13.0. The van der Waals surface area contributed by atoms with Crippen LogP contribution in [0.25, 0.3) is 0 Å². The Morgan fingerprint density at radius 2 is 1.46 bits per heavy atom. The summed E-state index contributed by atoms with van der Waals surface area (Å²) in [5, 5.41) is 8.59. The van der Waals surface area contributed by atoms with Crippen molar-refractivity contribution in [3.05, 3.63) is 89.5 Å². The number of amides is 2. The number of anilines is 1. The maximum Gasteiger partial charge on any atom is 0.262 e. The van der Waals surface area contributed by atoms with Crippen molar-refractivity contribution >= 4 is 28.8 Å². The third-order valence-corrected chi connectivity index (χ3v) is 6.54. The van der Waals surface area contributed by atoms with Gasteiger partial charge in [-0.05, 0) is 60.9 Å². The van der Waals surface area contributed by atoms with E-state index in [0.29, 0.717) is 23.6 Å². The lowest BCUT2D eigenvalue weighted by atomic mass is 10.0. The third kappa shape index (κ3) is 7.88. The van der Waals surface area contributed by atoms with Gasteiger partial charge < -0.3 is 9.64 Å². The number of rotatable bonds is 11. The van der Waals surface area contributed by atoms with E-state index in [9.17, 15) is 18.4 Å². The molecule has 37 heavy (non-hydrogen) atoms. The van der Waals surface area contributed by atoms with Gasteiger partial charge in [0.15, 0.2) is 0 Å². The molecule has 0 saturated carbocycles. The van der Waals surface area contributed by atoms with Crippen molar-refractivity contribution in [2.24, 2.45) is 0 Å². The van der Waals surface area contributed by atoms with Crippen molar-refractivity contribution in [2.45, 2.75) is 32.2 Å². The van der Waals surface area contributed by atoms with Gasteiger partial charge in [-0.1, -0.05) is 42.0 Å². The Hall–Kier alpha value is -3.73. The highest BCUT2D eigenvalue weighted by Gasteiger charge is 2.31. The van der Waals surface area contributed by atoms with Gasteiger partial charge in [-0.2, -0.15) is 0 Å². The Morgan fingerprint density at radius 3 is 1.95 bits per heavy atom. The molecule has 3 rings (SSSR count). The Kier molecular flexibility index (Phi) is 9.78. The highest BCUT2D eigenvalue weighted by Crippen LogP contribution is 2.26. The molecule has 0 aliphatic heterocycles. The molecule has 9 nitrogen and oxygen atoms in total. The number of hydrogen-bond donors (Lipinski definition) is 3. The van der Waals surface area contributed by atoms with Crippen LogP contribution in [0.3, 0.4) is 0 Å². The van der Waals surface area contributed by atoms with Crippen LogP contribution < -0.4 is 14.5 Å². The first kappa shape index (κ1) is 27.9. The normalized spacial score (nSPS) is 12.4. The number of nitrogens with one attached hydrogen (secondary N) is 1. The summed E-state index contributed by atoms with van der Waals surface area (Å²) in [6, 6.07) is 20.7. The van der Waals surface area contributed by atoms with Crippen LogP contribution in [-0.4, -0.2) is 50.8 Å². The van der Waals surface area contributed by atoms with Crippen LogP contribution in [0.2, 0.25) is 0 Å². The second-order valence-electron chi connectivity index (χ2n) is 8.77. The van der Waals surface area contributed by atoms with Crippen LogP contribution >= 0.6 is 0 Å². The predicted molar refractivity (Wildman–Crippen MR) is 142 cm³/mol. The molecule has 0 aliphatic carbocycles. The van der Waals surface area contributed by atoms with E-state index >= 15 is 0 Å². The SMILES string of the molecule is Cc1ccc(N(C(Cc2ccc(Oc3ccc(CCC(=O)NO)cc3)cc2)C(=O)N(C)C)S(=O)O)cc1. The van der Waals surface area contributed by atoms with E-state index in [-0.39, 0.29) is 18.7 Å². The summed E-state index contributed by atoms with van der Waals surface area (Å²) < 4.78 is 29.5. The second kappa shape index (κ2) is 13.0. The Morgan fingerprint density at radius 1 is 0.919 bits per heavy atom. The van der Waals surface area contributed by atoms with Gasteiger partial charge >= 0.3 is 0 Å². The van der Waals surface area contributed by atoms with E-state index in [1.165, 1.54) is 9.21 Å². The average Bonchev–Trinajstić information content (AvgIpc) is 2.89. The quantitative estimate of drug-likeness (QED) is 0.199. The molecule has 0 aliphatic rings. The molecule has 196 valence electrons. The molecular weight excluding hydrogens is 494 g/mol. The number of benzene rings is 3. The summed E-state index contributed by atoms with van der Waals surface area (Å²) in [6.45, 7) is 1.92. The van der Waals surface area contributed by atoms with Crippen LogP contribution in [0.1, 0.15) is 23.1 Å². The topological polar surface area (TPSA) is 119 Å².